The molecule has 0 radical (unpaired) electrons. The summed E-state index contributed by atoms with van der Waals surface area (Å²) >= 11 is 12.1. The molecule has 1 amide bonds. The lowest BCUT2D eigenvalue weighted by Gasteiger charge is -2.21. The number of aryl methyl sites for hydroxylation is 1. The van der Waals surface area contributed by atoms with Crippen LogP contribution in [0.1, 0.15) is 30.1 Å². The molecule has 0 aliphatic carbocycles. The molecule has 2 atom stereocenters. The van der Waals surface area contributed by atoms with Gasteiger partial charge in [-0.15, -0.1) is 0 Å². The zero-order chi connectivity index (χ0) is 17.8. The summed E-state index contributed by atoms with van der Waals surface area (Å²) in [4.78, 5) is 13.7. The van der Waals surface area contributed by atoms with Gasteiger partial charge in [-0.25, -0.2) is 0 Å². The fourth-order valence-electron chi connectivity index (χ4n) is 3.65. The van der Waals surface area contributed by atoms with E-state index in [9.17, 15) is 4.79 Å². The molecule has 2 heterocycles. The Morgan fingerprint density at radius 3 is 2.92 bits per heavy atom. The van der Waals surface area contributed by atoms with Crippen LogP contribution >= 0.6 is 23.2 Å². The highest BCUT2D eigenvalue weighted by Gasteiger charge is 2.32. The van der Waals surface area contributed by atoms with Gasteiger partial charge in [-0.2, -0.15) is 0 Å². The molecular weight excluding hydrogens is 357 g/mol. The average molecular weight is 381 g/mol. The van der Waals surface area contributed by atoms with Crippen LogP contribution in [-0.2, 0) is 18.3 Å². The Morgan fingerprint density at radius 2 is 2.20 bits per heavy atom. The molecule has 1 unspecified atom stereocenters. The van der Waals surface area contributed by atoms with Crippen molar-refractivity contribution in [3.05, 3.63) is 57.8 Å². The highest BCUT2D eigenvalue weighted by atomic mass is 35.5. The molecule has 4 nitrogen and oxygen atoms in total. The number of carbonyl (C=O) groups is 1. The summed E-state index contributed by atoms with van der Waals surface area (Å²) < 4.78 is 2.16. The van der Waals surface area contributed by atoms with Crippen molar-refractivity contribution in [3.8, 4) is 0 Å². The van der Waals surface area contributed by atoms with E-state index in [0.29, 0.717) is 35.6 Å². The van der Waals surface area contributed by atoms with E-state index in [2.05, 4.69) is 35.3 Å². The van der Waals surface area contributed by atoms with Gasteiger partial charge in [-0.1, -0.05) is 29.3 Å². The number of quaternary nitrogens is 1. The topological polar surface area (TPSA) is 38.5 Å². The number of nitrogens with zero attached hydrogens (tertiary/aromatic N) is 1. The molecule has 1 fully saturated rings. The van der Waals surface area contributed by atoms with Crippen molar-refractivity contribution in [2.75, 3.05) is 19.6 Å². The molecule has 2 aromatic rings. The van der Waals surface area contributed by atoms with E-state index in [1.54, 1.807) is 6.07 Å². The summed E-state index contributed by atoms with van der Waals surface area (Å²) in [6.07, 6.45) is 5.08. The van der Waals surface area contributed by atoms with Crippen molar-refractivity contribution >= 4 is 29.1 Å². The fraction of sp³-hybridized carbons (Fsp3) is 0.421. The lowest BCUT2D eigenvalue weighted by molar-refractivity contribution is -0.911. The van der Waals surface area contributed by atoms with Gasteiger partial charge < -0.3 is 14.8 Å². The van der Waals surface area contributed by atoms with Gasteiger partial charge in [0.05, 0.1) is 12.2 Å². The lowest BCUT2D eigenvalue weighted by Crippen LogP contribution is -3.11. The van der Waals surface area contributed by atoms with Crippen molar-refractivity contribution in [1.29, 1.82) is 0 Å². The quantitative estimate of drug-likeness (QED) is 0.793. The predicted molar refractivity (Wildman–Crippen MR) is 101 cm³/mol. The molecule has 2 N–H and O–H groups in total. The SMILES string of the molecule is Cn1cccc1[C@@H]1CCC[NH+]1CC(=O)NCCc1ccc(Cl)cc1Cl. The first-order chi connectivity index (χ1) is 12.0. The predicted octanol–water partition coefficient (Wildman–Crippen LogP) is 2.41. The van der Waals surface area contributed by atoms with Gasteiger partial charge in [0.15, 0.2) is 6.54 Å². The van der Waals surface area contributed by atoms with Crippen molar-refractivity contribution in [2.24, 2.45) is 7.05 Å². The van der Waals surface area contributed by atoms with Crippen LogP contribution in [0.2, 0.25) is 10.0 Å². The van der Waals surface area contributed by atoms with E-state index in [4.69, 9.17) is 23.2 Å². The number of likely N-dealkylation sites (tertiary alicyclic amines) is 1. The average Bonchev–Trinajstić information content (AvgIpc) is 3.18. The molecule has 0 bridgehead atoms. The highest BCUT2D eigenvalue weighted by molar-refractivity contribution is 6.35. The van der Waals surface area contributed by atoms with E-state index >= 15 is 0 Å². The number of amides is 1. The second kappa shape index (κ2) is 8.26. The summed E-state index contributed by atoms with van der Waals surface area (Å²) in [5.41, 5.74) is 2.31. The maximum Gasteiger partial charge on any atom is 0.275 e. The van der Waals surface area contributed by atoms with Crippen LogP contribution in [-0.4, -0.2) is 30.1 Å². The number of hydrogen-bond donors (Lipinski definition) is 2. The van der Waals surface area contributed by atoms with Crippen molar-refractivity contribution in [3.63, 3.8) is 0 Å². The fourth-order valence-corrected chi connectivity index (χ4v) is 4.15. The second-order valence-corrected chi connectivity index (χ2v) is 7.50. The zero-order valence-corrected chi connectivity index (χ0v) is 15.9. The van der Waals surface area contributed by atoms with Gasteiger partial charge >= 0.3 is 0 Å². The summed E-state index contributed by atoms with van der Waals surface area (Å²) in [6, 6.07) is 10.1. The Labute approximate surface area is 158 Å². The Morgan fingerprint density at radius 1 is 1.36 bits per heavy atom. The molecule has 0 spiro atoms. The molecule has 0 saturated carbocycles. The maximum atomic E-state index is 12.3. The summed E-state index contributed by atoms with van der Waals surface area (Å²) in [6.45, 7) is 2.15. The smallest absolute Gasteiger partial charge is 0.275 e. The van der Waals surface area contributed by atoms with Crippen LogP contribution in [0.15, 0.2) is 36.5 Å². The zero-order valence-electron chi connectivity index (χ0n) is 14.4. The molecule has 3 rings (SSSR count). The Hall–Kier alpha value is -1.49. The Bertz CT molecular complexity index is 744. The maximum absolute atomic E-state index is 12.3. The molecule has 1 aliphatic heterocycles. The number of aromatic nitrogens is 1. The van der Waals surface area contributed by atoms with E-state index in [-0.39, 0.29) is 5.91 Å². The van der Waals surface area contributed by atoms with Gasteiger partial charge in [0.1, 0.15) is 6.04 Å². The van der Waals surface area contributed by atoms with Gasteiger partial charge in [-0.05, 0) is 36.2 Å². The number of halogens is 2. The third-order valence-electron chi connectivity index (χ3n) is 4.94. The first-order valence-corrected chi connectivity index (χ1v) is 9.46. The Kier molecular flexibility index (Phi) is 6.05. The molecular formula is C19H24Cl2N3O+. The van der Waals surface area contributed by atoms with Gasteiger partial charge in [0.25, 0.3) is 5.91 Å². The molecule has 1 saturated heterocycles. The monoisotopic (exact) mass is 380 g/mol. The van der Waals surface area contributed by atoms with E-state index in [1.807, 2.05) is 12.1 Å². The standard InChI is InChI=1S/C19H23Cl2N3O/c1-23-10-2-4-17(23)18-5-3-11-24(18)13-19(25)22-9-8-14-6-7-15(20)12-16(14)21/h2,4,6-7,10,12,18H,3,5,8-9,11,13H2,1H3,(H,22,25)/p+1/t18-/m0/s1. The van der Waals surface area contributed by atoms with Crippen LogP contribution in [0.3, 0.4) is 0 Å². The minimum Gasteiger partial charge on any atom is -0.351 e. The number of nitrogens with one attached hydrogen (secondary N) is 2. The second-order valence-electron chi connectivity index (χ2n) is 6.66. The van der Waals surface area contributed by atoms with E-state index in [0.717, 1.165) is 18.5 Å². The lowest BCUT2D eigenvalue weighted by atomic mass is 10.1. The third-order valence-corrected chi connectivity index (χ3v) is 5.53. The minimum atomic E-state index is 0.0983. The number of hydrogen-bond acceptors (Lipinski definition) is 1. The van der Waals surface area contributed by atoms with Gasteiger partial charge in [0.2, 0.25) is 0 Å². The van der Waals surface area contributed by atoms with Crippen molar-refractivity contribution < 1.29 is 9.69 Å². The molecule has 1 aromatic carbocycles. The van der Waals surface area contributed by atoms with Crippen molar-refractivity contribution in [1.82, 2.24) is 9.88 Å². The number of rotatable bonds is 6. The first kappa shape index (κ1) is 18.3. The van der Waals surface area contributed by atoms with Crippen LogP contribution in [0.4, 0.5) is 0 Å². The van der Waals surface area contributed by atoms with E-state index in [1.165, 1.54) is 17.0 Å². The number of benzene rings is 1. The largest absolute Gasteiger partial charge is 0.351 e. The molecule has 25 heavy (non-hydrogen) atoms. The molecule has 1 aromatic heterocycles. The van der Waals surface area contributed by atoms with Gasteiger partial charge in [-0.3, -0.25) is 4.79 Å². The van der Waals surface area contributed by atoms with E-state index < -0.39 is 0 Å². The minimum absolute atomic E-state index is 0.0983. The van der Waals surface area contributed by atoms with Crippen LogP contribution < -0.4 is 10.2 Å². The normalized spacial score (nSPS) is 20.0. The first-order valence-electron chi connectivity index (χ1n) is 8.71. The van der Waals surface area contributed by atoms with Gasteiger partial charge in [0, 0.05) is 42.7 Å². The number of carbonyl (C=O) groups excluding carboxylic acids is 1. The van der Waals surface area contributed by atoms with Crippen LogP contribution in [0.25, 0.3) is 0 Å². The highest BCUT2D eigenvalue weighted by Crippen LogP contribution is 2.21. The molecule has 134 valence electrons. The van der Waals surface area contributed by atoms with Crippen molar-refractivity contribution in [2.45, 2.75) is 25.3 Å². The molecule has 6 heteroatoms. The molecule has 1 aliphatic rings. The summed E-state index contributed by atoms with van der Waals surface area (Å²) in [5, 5.41) is 4.30. The third kappa shape index (κ3) is 4.57. The summed E-state index contributed by atoms with van der Waals surface area (Å²) in [5.74, 6) is 0.0983. The Balaban J connectivity index is 1.50. The van der Waals surface area contributed by atoms with Crippen LogP contribution in [0.5, 0.6) is 0 Å². The van der Waals surface area contributed by atoms with Crippen LogP contribution in [0, 0.1) is 0 Å². The summed E-state index contributed by atoms with van der Waals surface area (Å²) in [7, 11) is 2.07.